The van der Waals surface area contributed by atoms with Crippen LogP contribution in [-0.4, -0.2) is 0 Å². The summed E-state index contributed by atoms with van der Waals surface area (Å²) >= 11 is 19.2. The molecule has 0 fully saturated rings. The molecule has 18 heavy (non-hydrogen) atoms. The minimum atomic E-state index is 0.184. The Bertz CT molecular complexity index is 538. The number of hydrogen-bond acceptors (Lipinski definition) is 0. The van der Waals surface area contributed by atoms with Gasteiger partial charge >= 0.3 is 0 Å². The first-order chi connectivity index (χ1) is 8.56. The van der Waals surface area contributed by atoms with Gasteiger partial charge in [0.1, 0.15) is 0 Å². The highest BCUT2D eigenvalue weighted by Crippen LogP contribution is 2.34. The fourth-order valence-corrected chi connectivity index (χ4v) is 3.33. The van der Waals surface area contributed by atoms with Gasteiger partial charge in [0.05, 0.1) is 0 Å². The summed E-state index contributed by atoms with van der Waals surface area (Å²) in [6.45, 7) is 0. The Hall–Kier alpha value is -0.0200. The summed E-state index contributed by atoms with van der Waals surface area (Å²) < 4.78 is 1.03. The molecular formula is C14H10Br2Cl2. The highest BCUT2D eigenvalue weighted by Gasteiger charge is 2.12. The van der Waals surface area contributed by atoms with Crippen LogP contribution < -0.4 is 0 Å². The molecule has 2 rings (SSSR count). The van der Waals surface area contributed by atoms with E-state index in [0.29, 0.717) is 0 Å². The van der Waals surface area contributed by atoms with Crippen LogP contribution in [0.5, 0.6) is 0 Å². The first kappa shape index (κ1) is 14.4. The van der Waals surface area contributed by atoms with Gasteiger partial charge in [-0.2, -0.15) is 0 Å². The molecule has 0 saturated carbocycles. The fourth-order valence-electron chi connectivity index (χ4n) is 1.69. The molecule has 0 aromatic heterocycles. The molecule has 0 aliphatic carbocycles. The third kappa shape index (κ3) is 3.74. The highest BCUT2D eigenvalue weighted by molar-refractivity contribution is 9.10. The summed E-state index contributed by atoms with van der Waals surface area (Å²) in [4.78, 5) is 0.184. The van der Waals surface area contributed by atoms with Crippen molar-refractivity contribution < 1.29 is 0 Å². The lowest BCUT2D eigenvalue weighted by Gasteiger charge is -2.12. The molecule has 0 bridgehead atoms. The normalized spacial score (nSPS) is 12.4. The summed E-state index contributed by atoms with van der Waals surface area (Å²) in [7, 11) is 0. The summed E-state index contributed by atoms with van der Waals surface area (Å²) in [6.07, 6.45) is 0.868. The van der Waals surface area contributed by atoms with Crippen LogP contribution in [0.15, 0.2) is 46.9 Å². The zero-order valence-corrected chi connectivity index (χ0v) is 14.0. The van der Waals surface area contributed by atoms with Crippen LogP contribution in [0.4, 0.5) is 0 Å². The van der Waals surface area contributed by atoms with Gasteiger partial charge in [-0.3, -0.25) is 0 Å². The van der Waals surface area contributed by atoms with E-state index >= 15 is 0 Å². The Morgan fingerprint density at radius 2 is 1.67 bits per heavy atom. The van der Waals surface area contributed by atoms with Crippen LogP contribution in [0, 0.1) is 0 Å². The summed E-state index contributed by atoms with van der Waals surface area (Å²) in [5, 5.41) is 1.53. The maximum absolute atomic E-state index is 6.21. The predicted octanol–water partition coefficient (Wildman–Crippen LogP) is 6.43. The largest absolute Gasteiger partial charge is 0.0843 e. The molecule has 4 heteroatoms. The van der Waals surface area contributed by atoms with E-state index in [4.69, 9.17) is 23.2 Å². The van der Waals surface area contributed by atoms with Gasteiger partial charge in [-0.1, -0.05) is 67.2 Å². The van der Waals surface area contributed by atoms with Gasteiger partial charge in [-0.15, -0.1) is 0 Å². The first-order valence-electron chi connectivity index (χ1n) is 5.40. The van der Waals surface area contributed by atoms with Gasteiger partial charge in [-0.25, -0.2) is 0 Å². The summed E-state index contributed by atoms with van der Waals surface area (Å²) in [5.41, 5.74) is 2.30. The van der Waals surface area contributed by atoms with Gasteiger partial charge in [0.2, 0.25) is 0 Å². The molecular weight excluding hydrogens is 399 g/mol. The van der Waals surface area contributed by atoms with Crippen molar-refractivity contribution in [3.05, 3.63) is 68.1 Å². The molecule has 2 aromatic rings. The number of hydrogen-bond donors (Lipinski definition) is 0. The van der Waals surface area contributed by atoms with Crippen LogP contribution in [0.2, 0.25) is 10.0 Å². The van der Waals surface area contributed by atoms with Crippen molar-refractivity contribution in [1.82, 2.24) is 0 Å². The van der Waals surface area contributed by atoms with Crippen molar-refractivity contribution in [2.24, 2.45) is 0 Å². The molecule has 0 radical (unpaired) electrons. The molecule has 94 valence electrons. The number of halogens is 4. The Labute approximate surface area is 134 Å². The molecule has 0 amide bonds. The first-order valence-corrected chi connectivity index (χ1v) is 7.86. The van der Waals surface area contributed by atoms with E-state index in [0.717, 1.165) is 26.5 Å². The van der Waals surface area contributed by atoms with Crippen molar-refractivity contribution >= 4 is 55.1 Å². The van der Waals surface area contributed by atoms with Crippen molar-refractivity contribution in [3.8, 4) is 0 Å². The smallest absolute Gasteiger partial charge is 0.0450 e. The number of alkyl halides is 1. The molecule has 1 atom stereocenters. The van der Waals surface area contributed by atoms with E-state index in [-0.39, 0.29) is 4.83 Å². The monoisotopic (exact) mass is 406 g/mol. The van der Waals surface area contributed by atoms with Crippen LogP contribution >= 0.6 is 55.1 Å². The van der Waals surface area contributed by atoms with E-state index in [1.54, 1.807) is 0 Å². The van der Waals surface area contributed by atoms with Crippen LogP contribution in [-0.2, 0) is 6.42 Å². The maximum Gasteiger partial charge on any atom is 0.0450 e. The zero-order valence-electron chi connectivity index (χ0n) is 9.34. The lowest BCUT2D eigenvalue weighted by molar-refractivity contribution is 0.948. The third-order valence-electron chi connectivity index (χ3n) is 2.62. The number of rotatable bonds is 3. The lowest BCUT2D eigenvalue weighted by atomic mass is 10.0. The topological polar surface area (TPSA) is 0 Å². The van der Waals surface area contributed by atoms with Gasteiger partial charge in [0, 0.05) is 19.3 Å². The van der Waals surface area contributed by atoms with Gasteiger partial charge in [-0.05, 0) is 47.9 Å². The van der Waals surface area contributed by atoms with Crippen LogP contribution in [0.3, 0.4) is 0 Å². The lowest BCUT2D eigenvalue weighted by Crippen LogP contribution is -1.96. The zero-order chi connectivity index (χ0) is 13.1. The second kappa shape index (κ2) is 6.42. The quantitative estimate of drug-likeness (QED) is 0.513. The van der Waals surface area contributed by atoms with Crippen LogP contribution in [0.1, 0.15) is 16.0 Å². The summed E-state index contributed by atoms with van der Waals surface area (Å²) in [6, 6.07) is 13.7. The van der Waals surface area contributed by atoms with Gasteiger partial charge < -0.3 is 0 Å². The SMILES string of the molecule is Clc1ccc(CC(Br)c2cc(Br)ccc2Cl)cc1. The Balaban J connectivity index is 2.18. The average molecular weight is 409 g/mol. The molecule has 0 heterocycles. The van der Waals surface area contributed by atoms with E-state index in [1.165, 1.54) is 5.56 Å². The second-order valence-corrected chi connectivity index (χ2v) is 6.83. The Morgan fingerprint density at radius 3 is 2.33 bits per heavy atom. The minimum Gasteiger partial charge on any atom is -0.0843 e. The van der Waals surface area contributed by atoms with Crippen molar-refractivity contribution in [2.45, 2.75) is 11.2 Å². The molecule has 1 unspecified atom stereocenters. The summed E-state index contributed by atoms with van der Waals surface area (Å²) in [5.74, 6) is 0. The maximum atomic E-state index is 6.21. The molecule has 0 N–H and O–H groups in total. The van der Waals surface area contributed by atoms with E-state index in [9.17, 15) is 0 Å². The highest BCUT2D eigenvalue weighted by atomic mass is 79.9. The van der Waals surface area contributed by atoms with Crippen molar-refractivity contribution in [1.29, 1.82) is 0 Å². The van der Waals surface area contributed by atoms with Crippen molar-refractivity contribution in [2.75, 3.05) is 0 Å². The Morgan fingerprint density at radius 1 is 1.00 bits per heavy atom. The van der Waals surface area contributed by atoms with Gasteiger partial charge in [0.15, 0.2) is 0 Å². The predicted molar refractivity (Wildman–Crippen MR) is 86.0 cm³/mol. The van der Waals surface area contributed by atoms with E-state index in [1.807, 2.05) is 42.5 Å². The van der Waals surface area contributed by atoms with Crippen molar-refractivity contribution in [3.63, 3.8) is 0 Å². The minimum absolute atomic E-state index is 0.184. The fraction of sp³-hybridized carbons (Fsp3) is 0.143. The second-order valence-electron chi connectivity index (χ2n) is 3.96. The Kier molecular flexibility index (Phi) is 5.14. The average Bonchev–Trinajstić information content (AvgIpc) is 2.35. The van der Waals surface area contributed by atoms with E-state index < -0.39 is 0 Å². The van der Waals surface area contributed by atoms with Gasteiger partial charge in [0.25, 0.3) is 0 Å². The molecule has 2 aromatic carbocycles. The molecule has 0 saturated heterocycles. The molecule has 0 nitrogen and oxygen atoms in total. The molecule has 0 aliphatic heterocycles. The standard InChI is InChI=1S/C14H10Br2Cl2/c15-10-3-6-14(18)12(8-10)13(16)7-9-1-4-11(17)5-2-9/h1-6,8,13H,7H2. The third-order valence-corrected chi connectivity index (χ3v) is 4.53. The number of benzene rings is 2. The molecule has 0 spiro atoms. The molecule has 0 aliphatic rings. The van der Waals surface area contributed by atoms with E-state index in [2.05, 4.69) is 31.9 Å². The van der Waals surface area contributed by atoms with Crippen LogP contribution in [0.25, 0.3) is 0 Å².